The van der Waals surface area contributed by atoms with Gasteiger partial charge in [0.1, 0.15) is 11.1 Å². The third-order valence-corrected chi connectivity index (χ3v) is 5.78. The lowest BCUT2D eigenvalue weighted by Crippen LogP contribution is -2.42. The molecular formula is C19H18N4OS. The predicted octanol–water partition coefficient (Wildman–Crippen LogP) is 2.73. The number of amides is 1. The molecule has 2 N–H and O–H groups in total. The minimum atomic E-state index is -0.00704. The zero-order valence-electron chi connectivity index (χ0n) is 13.6. The maximum atomic E-state index is 12.4. The van der Waals surface area contributed by atoms with E-state index in [1.165, 1.54) is 18.2 Å². The van der Waals surface area contributed by atoms with Crippen molar-refractivity contribution in [3.8, 4) is 6.07 Å². The second-order valence-corrected chi connectivity index (χ2v) is 7.58. The van der Waals surface area contributed by atoms with Crippen molar-refractivity contribution >= 4 is 17.7 Å². The number of carbonyl (C=O) groups excluding carboxylic acids is 1. The van der Waals surface area contributed by atoms with Gasteiger partial charge in [-0.15, -0.1) is 0 Å². The summed E-state index contributed by atoms with van der Waals surface area (Å²) in [6, 6.07) is 14.5. The zero-order chi connectivity index (χ0) is 17.2. The lowest BCUT2D eigenvalue weighted by molar-refractivity contribution is 0.0931. The van der Waals surface area contributed by atoms with E-state index in [0.29, 0.717) is 23.2 Å². The van der Waals surface area contributed by atoms with Gasteiger partial charge in [0.2, 0.25) is 0 Å². The molecule has 4 rings (SSSR count). The van der Waals surface area contributed by atoms with Crippen molar-refractivity contribution in [1.29, 1.82) is 5.26 Å². The maximum Gasteiger partial charge on any atom is 0.251 e. The summed E-state index contributed by atoms with van der Waals surface area (Å²) in [5.41, 5.74) is 1.23. The van der Waals surface area contributed by atoms with Crippen LogP contribution in [0.5, 0.6) is 0 Å². The molecule has 2 aliphatic heterocycles. The van der Waals surface area contributed by atoms with Crippen LogP contribution in [0.2, 0.25) is 0 Å². The molecule has 2 aliphatic rings. The second-order valence-electron chi connectivity index (χ2n) is 6.49. The molecule has 3 atom stereocenters. The highest BCUT2D eigenvalue weighted by Crippen LogP contribution is 2.29. The maximum absolute atomic E-state index is 12.4. The van der Waals surface area contributed by atoms with E-state index in [4.69, 9.17) is 5.26 Å². The highest BCUT2D eigenvalue weighted by molar-refractivity contribution is 7.99. The lowest BCUT2D eigenvalue weighted by Gasteiger charge is -2.21. The molecule has 6 heteroatoms. The number of nitrogens with zero attached hydrogens (tertiary/aromatic N) is 2. The number of nitriles is 1. The largest absolute Gasteiger partial charge is 0.348 e. The fourth-order valence-electron chi connectivity index (χ4n) is 3.54. The van der Waals surface area contributed by atoms with Gasteiger partial charge in [0.15, 0.2) is 0 Å². The Morgan fingerprint density at radius 2 is 2.08 bits per heavy atom. The number of hydrogen-bond acceptors (Lipinski definition) is 5. The summed E-state index contributed by atoms with van der Waals surface area (Å²) in [6.07, 6.45) is 4.98. The van der Waals surface area contributed by atoms with E-state index < -0.39 is 0 Å². The van der Waals surface area contributed by atoms with Crippen molar-refractivity contribution in [3.63, 3.8) is 0 Å². The van der Waals surface area contributed by atoms with Crippen LogP contribution >= 0.6 is 11.8 Å². The Morgan fingerprint density at radius 3 is 2.68 bits per heavy atom. The Hall–Kier alpha value is -2.36. The summed E-state index contributed by atoms with van der Waals surface area (Å²) < 4.78 is 0. The number of aromatic nitrogens is 1. The first-order chi connectivity index (χ1) is 12.2. The molecule has 126 valence electrons. The molecule has 0 aliphatic carbocycles. The van der Waals surface area contributed by atoms with Crippen LogP contribution in [-0.2, 0) is 0 Å². The number of carbonyl (C=O) groups is 1. The van der Waals surface area contributed by atoms with Gasteiger partial charge in [-0.25, -0.2) is 4.98 Å². The molecule has 1 amide bonds. The van der Waals surface area contributed by atoms with Crippen LogP contribution in [0.25, 0.3) is 0 Å². The topological polar surface area (TPSA) is 77.8 Å². The molecule has 25 heavy (non-hydrogen) atoms. The molecule has 1 aromatic carbocycles. The SMILES string of the molecule is N#Cc1ccc(Sc2ccc(C(=O)N[C@@H]3C[C@H]4CC[C@@H]3N4)cc2)nc1. The molecule has 3 heterocycles. The van der Waals surface area contributed by atoms with E-state index in [1.807, 2.05) is 30.3 Å². The van der Waals surface area contributed by atoms with Gasteiger partial charge in [-0.3, -0.25) is 4.79 Å². The summed E-state index contributed by atoms with van der Waals surface area (Å²) in [6.45, 7) is 0. The first-order valence-corrected chi connectivity index (χ1v) is 9.24. The summed E-state index contributed by atoms with van der Waals surface area (Å²) >= 11 is 1.51. The molecule has 2 fully saturated rings. The molecule has 0 unspecified atom stereocenters. The Morgan fingerprint density at radius 1 is 1.24 bits per heavy atom. The molecule has 0 spiro atoms. The van der Waals surface area contributed by atoms with Gasteiger partial charge in [-0.2, -0.15) is 5.26 Å². The highest BCUT2D eigenvalue weighted by Gasteiger charge is 2.39. The molecular weight excluding hydrogens is 332 g/mol. The van der Waals surface area contributed by atoms with Crippen LogP contribution < -0.4 is 10.6 Å². The minimum absolute atomic E-state index is 0.00704. The Labute approximate surface area is 150 Å². The Bertz CT molecular complexity index is 813. The van der Waals surface area contributed by atoms with Crippen molar-refractivity contribution < 1.29 is 4.79 Å². The van der Waals surface area contributed by atoms with Crippen molar-refractivity contribution in [1.82, 2.24) is 15.6 Å². The average molecular weight is 350 g/mol. The fraction of sp³-hybridized carbons (Fsp3) is 0.316. The minimum Gasteiger partial charge on any atom is -0.348 e. The standard InChI is InChI=1S/C19H18N4OS/c20-10-12-1-8-18(21-11-12)25-15-5-2-13(3-6-15)19(24)23-17-9-14-4-7-16(17)22-14/h1-3,5-6,8,11,14,16-17,22H,4,7,9H2,(H,23,24)/t14-,16+,17-/m1/s1. The molecule has 2 saturated heterocycles. The quantitative estimate of drug-likeness (QED) is 0.886. The van der Waals surface area contributed by atoms with Gasteiger partial charge >= 0.3 is 0 Å². The van der Waals surface area contributed by atoms with Crippen molar-refractivity contribution in [3.05, 3.63) is 53.7 Å². The summed E-state index contributed by atoms with van der Waals surface area (Å²) in [7, 11) is 0. The van der Waals surface area contributed by atoms with Crippen LogP contribution in [0.15, 0.2) is 52.5 Å². The van der Waals surface area contributed by atoms with Gasteiger partial charge in [-0.1, -0.05) is 11.8 Å². The highest BCUT2D eigenvalue weighted by atomic mass is 32.2. The van der Waals surface area contributed by atoms with Gasteiger partial charge in [0, 0.05) is 34.8 Å². The van der Waals surface area contributed by atoms with Crippen LogP contribution in [-0.4, -0.2) is 29.0 Å². The van der Waals surface area contributed by atoms with Gasteiger partial charge < -0.3 is 10.6 Å². The smallest absolute Gasteiger partial charge is 0.251 e. The Kier molecular flexibility index (Phi) is 4.43. The monoisotopic (exact) mass is 350 g/mol. The molecule has 2 bridgehead atoms. The molecule has 2 aromatic rings. The predicted molar refractivity (Wildman–Crippen MR) is 95.3 cm³/mol. The summed E-state index contributed by atoms with van der Waals surface area (Å²) in [5, 5.41) is 16.3. The third-order valence-electron chi connectivity index (χ3n) is 4.82. The first kappa shape index (κ1) is 16.1. The lowest BCUT2D eigenvalue weighted by atomic mass is 9.95. The van der Waals surface area contributed by atoms with Crippen LogP contribution in [0.4, 0.5) is 0 Å². The normalized spacial score (nSPS) is 24.0. The number of rotatable bonds is 4. The third kappa shape index (κ3) is 3.53. The van der Waals surface area contributed by atoms with E-state index in [0.717, 1.165) is 22.8 Å². The molecule has 0 radical (unpaired) electrons. The number of nitrogens with one attached hydrogen (secondary N) is 2. The fourth-order valence-corrected chi connectivity index (χ4v) is 4.29. The van der Waals surface area contributed by atoms with E-state index >= 15 is 0 Å². The summed E-state index contributed by atoms with van der Waals surface area (Å²) in [5.74, 6) is -0.00704. The van der Waals surface area contributed by atoms with Gasteiger partial charge in [0.25, 0.3) is 5.91 Å². The van der Waals surface area contributed by atoms with E-state index in [9.17, 15) is 4.79 Å². The average Bonchev–Trinajstić information content (AvgIpc) is 3.26. The van der Waals surface area contributed by atoms with Crippen molar-refractivity contribution in [2.75, 3.05) is 0 Å². The first-order valence-electron chi connectivity index (χ1n) is 8.42. The van der Waals surface area contributed by atoms with Gasteiger partial charge in [0.05, 0.1) is 5.56 Å². The number of benzene rings is 1. The molecule has 1 aromatic heterocycles. The van der Waals surface area contributed by atoms with Crippen LogP contribution in [0.1, 0.15) is 35.2 Å². The van der Waals surface area contributed by atoms with Crippen LogP contribution in [0.3, 0.4) is 0 Å². The number of pyridine rings is 1. The van der Waals surface area contributed by atoms with E-state index in [-0.39, 0.29) is 11.9 Å². The van der Waals surface area contributed by atoms with Crippen LogP contribution in [0, 0.1) is 11.3 Å². The van der Waals surface area contributed by atoms with Crippen molar-refractivity contribution in [2.45, 2.75) is 47.3 Å². The molecule has 5 nitrogen and oxygen atoms in total. The van der Waals surface area contributed by atoms with Crippen molar-refractivity contribution in [2.24, 2.45) is 0 Å². The van der Waals surface area contributed by atoms with E-state index in [1.54, 1.807) is 12.3 Å². The second kappa shape index (κ2) is 6.87. The number of hydrogen-bond donors (Lipinski definition) is 2. The molecule has 0 saturated carbocycles. The van der Waals surface area contributed by atoms with Gasteiger partial charge in [-0.05, 0) is 55.7 Å². The summed E-state index contributed by atoms with van der Waals surface area (Å²) in [4.78, 5) is 17.7. The van der Waals surface area contributed by atoms with E-state index in [2.05, 4.69) is 21.7 Å². The Balaban J connectivity index is 1.37. The number of fused-ring (bicyclic) bond motifs is 2. The zero-order valence-corrected chi connectivity index (χ0v) is 14.4.